The fourth-order valence-corrected chi connectivity index (χ4v) is 4.99. The summed E-state index contributed by atoms with van der Waals surface area (Å²) in [6, 6.07) is 0. The molecule has 52 heavy (non-hydrogen) atoms. The number of phosphoric acid groups is 3. The van der Waals surface area contributed by atoms with Crippen molar-refractivity contribution in [3.05, 3.63) is 12.7 Å². The number of ether oxygens (including phenoxy) is 1. The van der Waals surface area contributed by atoms with Crippen molar-refractivity contribution >= 4 is 40.4 Å². The van der Waals surface area contributed by atoms with Crippen LogP contribution in [-0.4, -0.2) is 176 Å². The lowest BCUT2D eigenvalue weighted by atomic mass is 10.1. The van der Waals surface area contributed by atoms with E-state index in [2.05, 4.69) is 23.6 Å². The minimum Gasteiger partial charge on any atom is -0.395 e. The molecule has 0 aromatic carbocycles. The molecule has 1 saturated heterocycles. The third-order valence-electron chi connectivity index (χ3n) is 4.24. The molecule has 3 rings (SSSR count). The van der Waals surface area contributed by atoms with Crippen LogP contribution in [0.25, 0.3) is 11.2 Å². The van der Waals surface area contributed by atoms with Gasteiger partial charge in [0.25, 0.3) is 0 Å². The van der Waals surface area contributed by atoms with Gasteiger partial charge in [0.05, 0.1) is 46.0 Å². The Kier molecular flexibility index (Phi) is 35.7. The number of hydrogen-bond donors (Lipinski definition) is 19. The third-order valence-corrected chi connectivity index (χ3v) is 7.60. The van der Waals surface area contributed by atoms with E-state index in [1.165, 1.54) is 17.2 Å². The average Bonchev–Trinajstić information content (AvgIpc) is 3.63. The Bertz CT molecular complexity index is 1220. The number of anilines is 1. The molecule has 312 valence electrons. The summed E-state index contributed by atoms with van der Waals surface area (Å²) in [5.74, 6) is 0.218. The van der Waals surface area contributed by atoms with Gasteiger partial charge in [0, 0.05) is 32.7 Å². The van der Waals surface area contributed by atoms with E-state index in [9.17, 15) is 23.9 Å². The molecule has 0 unspecified atom stereocenters. The zero-order valence-corrected chi connectivity index (χ0v) is 30.3. The van der Waals surface area contributed by atoms with E-state index < -0.39 is 54.6 Å². The molecule has 0 radical (unpaired) electrons. The van der Waals surface area contributed by atoms with E-state index in [0.717, 1.165) is 0 Å². The Labute approximate surface area is 296 Å². The first kappa shape index (κ1) is 56.9. The van der Waals surface area contributed by atoms with Crippen LogP contribution in [0.3, 0.4) is 0 Å². The van der Waals surface area contributed by atoms with E-state index in [1.807, 2.05) is 0 Å². The van der Waals surface area contributed by atoms with E-state index in [1.54, 1.807) is 0 Å². The summed E-state index contributed by atoms with van der Waals surface area (Å²) in [5.41, 5.74) is 30.3. The SMILES string of the molecule is NCCO.NCCO.NCCO.NCCO.NCCO.Nc1ncnc2c1ncn2[C@@H]1O[C@H](CO)[C@@H](O)[C@H]1O.O=P(O)(O)OP(=O)(O)OP(=O)(O)O. The molecular weight excluding hydrogens is 777 g/mol. The molecule has 2 aromatic rings. The molecular formula is C20H53N10O19P3. The number of imidazole rings is 1. The number of aromatic nitrogens is 4. The van der Waals surface area contributed by atoms with Crippen molar-refractivity contribution in [3.8, 4) is 0 Å². The summed E-state index contributed by atoms with van der Waals surface area (Å²) in [7, 11) is -16.2. The van der Waals surface area contributed by atoms with Crippen LogP contribution in [-0.2, 0) is 27.1 Å². The number of rotatable bonds is 11. The summed E-state index contributed by atoms with van der Waals surface area (Å²) in [4.78, 5) is 52.1. The summed E-state index contributed by atoms with van der Waals surface area (Å²) >= 11 is 0. The van der Waals surface area contributed by atoms with Crippen molar-refractivity contribution < 1.29 is 92.4 Å². The first-order valence-electron chi connectivity index (χ1n) is 14.1. The molecule has 0 saturated carbocycles. The molecule has 0 amide bonds. The lowest BCUT2D eigenvalue weighted by Crippen LogP contribution is -2.33. The maximum atomic E-state index is 10.4. The van der Waals surface area contributed by atoms with Gasteiger partial charge in [-0.05, 0) is 0 Å². The zero-order chi connectivity index (χ0) is 41.6. The predicted molar refractivity (Wildman–Crippen MR) is 180 cm³/mol. The number of fused-ring (bicyclic) bond motifs is 1. The maximum Gasteiger partial charge on any atom is 0.490 e. The quantitative estimate of drug-likeness (QED) is 0.0935. The van der Waals surface area contributed by atoms with Crippen LogP contribution < -0.4 is 34.4 Å². The highest BCUT2D eigenvalue weighted by Gasteiger charge is 2.44. The number of aliphatic hydroxyl groups is 8. The second-order valence-electron chi connectivity index (χ2n) is 8.49. The van der Waals surface area contributed by atoms with Crippen LogP contribution in [0.1, 0.15) is 6.23 Å². The van der Waals surface area contributed by atoms with E-state index in [4.69, 9.17) is 94.2 Å². The molecule has 1 aliphatic rings. The number of hydrogen-bond acceptors (Lipinski definition) is 23. The topological polar surface area (TPSA) is 542 Å². The first-order valence-corrected chi connectivity index (χ1v) is 18.6. The standard InChI is InChI=1S/C10H13N5O4.5C2H7NO.H5O10P3/c11-8-5-9(13-2-12-8)15(3-14-5)10-7(18)6(17)4(1-16)19-10;5*3-1-2-4;1-11(2,3)9-13(7,8)10-12(4,5)6/h2-4,6-7,10,16-18H,1H2,(H2,11,12,13);5*4H,1-3H2;(H,7,8)(H2,1,2,3)(H2,4,5,6)/t4-,6-,7-,10-;;;;;;/m1....../s1. The van der Waals surface area contributed by atoms with Crippen LogP contribution in [0.4, 0.5) is 5.82 Å². The monoisotopic (exact) mass is 830 g/mol. The van der Waals surface area contributed by atoms with E-state index in [-0.39, 0.29) is 38.9 Å². The smallest absolute Gasteiger partial charge is 0.395 e. The van der Waals surface area contributed by atoms with Gasteiger partial charge in [-0.15, -0.1) is 0 Å². The molecule has 0 spiro atoms. The Balaban J connectivity index is -0.000000302. The van der Waals surface area contributed by atoms with Gasteiger partial charge in [0.2, 0.25) is 0 Å². The third kappa shape index (κ3) is 29.6. The van der Waals surface area contributed by atoms with Crippen LogP contribution >= 0.6 is 23.5 Å². The fourth-order valence-electron chi connectivity index (χ4n) is 2.45. The minimum absolute atomic E-state index is 0.0972. The second kappa shape index (κ2) is 32.6. The van der Waals surface area contributed by atoms with Crippen LogP contribution in [0.15, 0.2) is 12.7 Å². The minimum atomic E-state index is -5.46. The van der Waals surface area contributed by atoms with Gasteiger partial charge in [0.15, 0.2) is 17.7 Å². The molecule has 4 atom stereocenters. The summed E-state index contributed by atoms with van der Waals surface area (Å²) in [6.45, 7) is 1.97. The summed E-state index contributed by atoms with van der Waals surface area (Å²) in [5, 5.41) is 67.5. The van der Waals surface area contributed by atoms with E-state index >= 15 is 0 Å². The van der Waals surface area contributed by atoms with Crippen molar-refractivity contribution in [1.82, 2.24) is 19.5 Å². The number of nitrogens with zero attached hydrogens (tertiary/aromatic N) is 4. The highest BCUT2D eigenvalue weighted by molar-refractivity contribution is 7.66. The highest BCUT2D eigenvalue weighted by Crippen LogP contribution is 2.64. The highest BCUT2D eigenvalue weighted by atomic mass is 31.3. The number of aliphatic hydroxyl groups excluding tert-OH is 8. The molecule has 3 heterocycles. The van der Waals surface area contributed by atoms with Gasteiger partial charge in [-0.2, -0.15) is 8.62 Å². The van der Waals surface area contributed by atoms with Crippen molar-refractivity contribution in [3.63, 3.8) is 0 Å². The molecule has 1 fully saturated rings. The van der Waals surface area contributed by atoms with Gasteiger partial charge >= 0.3 is 23.5 Å². The maximum absolute atomic E-state index is 10.4. The van der Waals surface area contributed by atoms with Crippen LogP contribution in [0.5, 0.6) is 0 Å². The van der Waals surface area contributed by atoms with Crippen molar-refractivity contribution in [2.45, 2.75) is 24.5 Å². The normalized spacial score (nSPS) is 17.9. The number of nitrogens with two attached hydrogens (primary N) is 6. The predicted octanol–water partition coefficient (Wildman–Crippen LogP) is -7.99. The van der Waals surface area contributed by atoms with Crippen molar-refractivity contribution in [2.75, 3.05) is 78.1 Å². The Morgan fingerprint density at radius 2 is 1.04 bits per heavy atom. The molecule has 29 nitrogen and oxygen atoms in total. The summed E-state index contributed by atoms with van der Waals surface area (Å²) in [6.07, 6.45) is -1.42. The lowest BCUT2D eigenvalue weighted by Gasteiger charge is -2.16. The molecule has 1 aliphatic heterocycles. The largest absolute Gasteiger partial charge is 0.490 e. The Morgan fingerprint density at radius 1 is 0.673 bits per heavy atom. The Hall–Kier alpha value is -1.80. The van der Waals surface area contributed by atoms with Crippen molar-refractivity contribution in [1.29, 1.82) is 0 Å². The van der Waals surface area contributed by atoms with Gasteiger partial charge in [-0.25, -0.2) is 28.6 Å². The van der Waals surface area contributed by atoms with E-state index in [0.29, 0.717) is 43.9 Å². The molecule has 0 aliphatic carbocycles. The summed E-state index contributed by atoms with van der Waals surface area (Å²) < 4.78 is 43.2. The van der Waals surface area contributed by atoms with Gasteiger partial charge in [-0.1, -0.05) is 0 Å². The lowest BCUT2D eigenvalue weighted by molar-refractivity contribution is -0.0511. The molecule has 32 heteroatoms. The van der Waals surface area contributed by atoms with Gasteiger partial charge in [0.1, 0.15) is 30.2 Å². The van der Waals surface area contributed by atoms with Crippen LogP contribution in [0.2, 0.25) is 0 Å². The molecule has 0 bridgehead atoms. The molecule has 25 N–H and O–H groups in total. The second-order valence-corrected chi connectivity index (χ2v) is 12.7. The zero-order valence-electron chi connectivity index (χ0n) is 27.6. The van der Waals surface area contributed by atoms with Crippen LogP contribution in [0, 0.1) is 0 Å². The van der Waals surface area contributed by atoms with Gasteiger partial charge in [-0.3, -0.25) is 4.57 Å². The molecule has 2 aromatic heterocycles. The van der Waals surface area contributed by atoms with Gasteiger partial charge < -0.3 is 104 Å². The first-order chi connectivity index (χ1) is 24.1. The number of nitrogen functional groups attached to an aromatic ring is 1. The van der Waals surface area contributed by atoms with Crippen molar-refractivity contribution in [2.24, 2.45) is 28.7 Å². The average molecular weight is 831 g/mol. The fraction of sp³-hybridized carbons (Fsp3) is 0.750. The Morgan fingerprint density at radius 3 is 1.33 bits per heavy atom.